The summed E-state index contributed by atoms with van der Waals surface area (Å²) in [6, 6.07) is 9.28. The van der Waals surface area contributed by atoms with Crippen LogP contribution in [0.1, 0.15) is 69.1 Å². The Morgan fingerprint density at radius 3 is 2.43 bits per heavy atom. The van der Waals surface area contributed by atoms with Gasteiger partial charge in [0.25, 0.3) is 0 Å². The molecule has 1 aliphatic heterocycles. The quantitative estimate of drug-likeness (QED) is 0.901. The van der Waals surface area contributed by atoms with Gasteiger partial charge in [-0.1, -0.05) is 44.5 Å². The molecule has 3 rings (SSSR count). The van der Waals surface area contributed by atoms with E-state index in [0.29, 0.717) is 5.92 Å². The van der Waals surface area contributed by atoms with E-state index in [-0.39, 0.29) is 6.10 Å². The van der Waals surface area contributed by atoms with Gasteiger partial charge < -0.3 is 5.11 Å². The Balaban J connectivity index is 1.63. The van der Waals surface area contributed by atoms with Crippen molar-refractivity contribution in [3.05, 3.63) is 35.4 Å². The normalized spacial score (nSPS) is 27.8. The van der Waals surface area contributed by atoms with E-state index in [2.05, 4.69) is 43.0 Å². The maximum Gasteiger partial charge on any atom is 0.0917 e. The lowest BCUT2D eigenvalue weighted by atomic mass is 9.91. The number of aliphatic hydroxyl groups excluding tert-OH is 1. The summed E-state index contributed by atoms with van der Waals surface area (Å²) in [5.74, 6) is 1.45. The van der Waals surface area contributed by atoms with Gasteiger partial charge in [-0.3, -0.25) is 4.90 Å². The third kappa shape index (κ3) is 3.32. The van der Waals surface area contributed by atoms with Gasteiger partial charge in [-0.25, -0.2) is 0 Å². The zero-order chi connectivity index (χ0) is 14.8. The first-order chi connectivity index (χ1) is 10.1. The molecule has 1 saturated carbocycles. The van der Waals surface area contributed by atoms with Crippen molar-refractivity contribution in [3.63, 3.8) is 0 Å². The average molecular weight is 287 g/mol. The molecule has 0 bridgehead atoms. The molecule has 1 aromatic carbocycles. The van der Waals surface area contributed by atoms with Crippen LogP contribution in [0, 0.1) is 5.92 Å². The van der Waals surface area contributed by atoms with Crippen LogP contribution in [0.25, 0.3) is 0 Å². The zero-order valence-corrected chi connectivity index (χ0v) is 13.5. The van der Waals surface area contributed by atoms with Crippen molar-refractivity contribution < 1.29 is 5.11 Å². The van der Waals surface area contributed by atoms with Gasteiger partial charge in [0.1, 0.15) is 0 Å². The van der Waals surface area contributed by atoms with Crippen LogP contribution in [0.15, 0.2) is 24.3 Å². The Bertz CT molecular complexity index is 453. The van der Waals surface area contributed by atoms with Crippen LogP contribution in [0.5, 0.6) is 0 Å². The first-order valence-electron chi connectivity index (χ1n) is 8.67. The smallest absolute Gasteiger partial charge is 0.0917 e. The number of fused-ring (bicyclic) bond motifs is 1. The van der Waals surface area contributed by atoms with E-state index in [4.69, 9.17) is 0 Å². The van der Waals surface area contributed by atoms with Gasteiger partial charge in [0.15, 0.2) is 0 Å². The topological polar surface area (TPSA) is 23.5 Å². The minimum atomic E-state index is -0.342. The molecule has 1 heterocycles. The van der Waals surface area contributed by atoms with Crippen molar-refractivity contribution in [1.29, 1.82) is 0 Å². The summed E-state index contributed by atoms with van der Waals surface area (Å²) < 4.78 is 0. The van der Waals surface area contributed by atoms with Crippen molar-refractivity contribution in [3.8, 4) is 0 Å². The Labute approximate surface area is 129 Å². The molecule has 1 aliphatic carbocycles. The monoisotopic (exact) mass is 287 g/mol. The van der Waals surface area contributed by atoms with Gasteiger partial charge in [-0.05, 0) is 55.2 Å². The first kappa shape index (κ1) is 15.1. The third-order valence-corrected chi connectivity index (χ3v) is 5.50. The van der Waals surface area contributed by atoms with E-state index in [1.807, 2.05) is 0 Å². The predicted octanol–water partition coefficient (Wildman–Crippen LogP) is 4.11. The van der Waals surface area contributed by atoms with E-state index in [1.54, 1.807) is 0 Å². The molecule has 0 amide bonds. The summed E-state index contributed by atoms with van der Waals surface area (Å²) in [4.78, 5) is 2.56. The molecule has 1 N–H and O–H groups in total. The molecule has 2 aliphatic rings. The average Bonchev–Trinajstić information content (AvgIpc) is 2.97. The van der Waals surface area contributed by atoms with E-state index in [0.717, 1.165) is 24.1 Å². The van der Waals surface area contributed by atoms with Crippen LogP contribution < -0.4 is 0 Å². The Hall–Kier alpha value is -0.860. The fourth-order valence-electron chi connectivity index (χ4n) is 4.21. The number of aliphatic hydroxyl groups is 1. The molecular formula is C19H29NO. The summed E-state index contributed by atoms with van der Waals surface area (Å²) in [6.07, 6.45) is 6.49. The minimum Gasteiger partial charge on any atom is -0.387 e. The van der Waals surface area contributed by atoms with Crippen LogP contribution in [0.3, 0.4) is 0 Å². The van der Waals surface area contributed by atoms with E-state index >= 15 is 0 Å². The van der Waals surface area contributed by atoms with Crippen molar-refractivity contribution in [2.45, 2.75) is 64.0 Å². The molecule has 0 aromatic heterocycles. The number of piperidine rings is 1. The van der Waals surface area contributed by atoms with Crippen molar-refractivity contribution in [2.24, 2.45) is 5.92 Å². The Kier molecular flexibility index (Phi) is 4.66. The Morgan fingerprint density at radius 2 is 1.71 bits per heavy atom. The van der Waals surface area contributed by atoms with Gasteiger partial charge in [0.2, 0.25) is 0 Å². The lowest BCUT2D eigenvalue weighted by molar-refractivity contribution is 0.0506. The molecule has 0 radical (unpaired) electrons. The fourth-order valence-corrected chi connectivity index (χ4v) is 4.21. The largest absolute Gasteiger partial charge is 0.387 e. The van der Waals surface area contributed by atoms with Crippen LogP contribution in [0.2, 0.25) is 0 Å². The molecule has 21 heavy (non-hydrogen) atoms. The second-order valence-corrected chi connectivity index (χ2v) is 7.23. The lowest BCUT2D eigenvalue weighted by Crippen LogP contribution is -2.44. The second-order valence-electron chi connectivity index (χ2n) is 7.23. The molecule has 116 valence electrons. The number of hydrogen-bond donors (Lipinski definition) is 1. The molecule has 3 atom stereocenters. The molecule has 1 saturated heterocycles. The van der Waals surface area contributed by atoms with Crippen LogP contribution in [-0.2, 0) is 0 Å². The molecule has 3 unspecified atom stereocenters. The van der Waals surface area contributed by atoms with E-state index in [1.165, 1.54) is 44.2 Å². The highest BCUT2D eigenvalue weighted by Crippen LogP contribution is 2.37. The van der Waals surface area contributed by atoms with Gasteiger partial charge in [0, 0.05) is 12.6 Å². The van der Waals surface area contributed by atoms with Crippen molar-refractivity contribution >= 4 is 0 Å². The highest BCUT2D eigenvalue weighted by molar-refractivity contribution is 5.26. The standard InChI is InChI=1S/C19H29NO/c1-14(2)15-8-10-17(11-9-15)19(21)13-20-12-4-6-16-5-3-7-18(16)20/h8-11,14,16,18-19,21H,3-7,12-13H2,1-2H3. The molecule has 0 spiro atoms. The summed E-state index contributed by atoms with van der Waals surface area (Å²) in [7, 11) is 0. The fraction of sp³-hybridized carbons (Fsp3) is 0.684. The summed E-state index contributed by atoms with van der Waals surface area (Å²) in [5.41, 5.74) is 2.42. The van der Waals surface area contributed by atoms with Crippen LogP contribution >= 0.6 is 0 Å². The highest BCUT2D eigenvalue weighted by atomic mass is 16.3. The number of likely N-dealkylation sites (tertiary alicyclic amines) is 1. The second kappa shape index (κ2) is 6.50. The zero-order valence-electron chi connectivity index (χ0n) is 13.5. The number of β-amino-alcohol motifs (C(OH)–C–C–N with tert-alkyl or cyclic N) is 1. The summed E-state index contributed by atoms with van der Waals surface area (Å²) in [5, 5.41) is 10.6. The summed E-state index contributed by atoms with van der Waals surface area (Å²) in [6.45, 7) is 6.39. The number of hydrogen-bond acceptors (Lipinski definition) is 2. The van der Waals surface area contributed by atoms with E-state index < -0.39 is 0 Å². The number of rotatable bonds is 4. The van der Waals surface area contributed by atoms with Gasteiger partial charge in [-0.15, -0.1) is 0 Å². The molecule has 2 heteroatoms. The molecular weight excluding hydrogens is 258 g/mol. The number of nitrogens with zero attached hydrogens (tertiary/aromatic N) is 1. The maximum absolute atomic E-state index is 10.6. The van der Waals surface area contributed by atoms with Gasteiger partial charge in [-0.2, -0.15) is 0 Å². The van der Waals surface area contributed by atoms with Crippen LogP contribution in [-0.4, -0.2) is 29.1 Å². The molecule has 2 fully saturated rings. The minimum absolute atomic E-state index is 0.342. The SMILES string of the molecule is CC(C)c1ccc(C(O)CN2CCCC3CCCC32)cc1. The van der Waals surface area contributed by atoms with Gasteiger partial charge in [0.05, 0.1) is 6.10 Å². The number of benzene rings is 1. The van der Waals surface area contributed by atoms with Crippen molar-refractivity contribution in [1.82, 2.24) is 4.90 Å². The highest BCUT2D eigenvalue weighted by Gasteiger charge is 2.35. The summed E-state index contributed by atoms with van der Waals surface area (Å²) >= 11 is 0. The lowest BCUT2D eigenvalue weighted by Gasteiger charge is -2.38. The van der Waals surface area contributed by atoms with Crippen molar-refractivity contribution in [2.75, 3.05) is 13.1 Å². The maximum atomic E-state index is 10.6. The van der Waals surface area contributed by atoms with Gasteiger partial charge >= 0.3 is 0 Å². The Morgan fingerprint density at radius 1 is 1.05 bits per heavy atom. The van der Waals surface area contributed by atoms with Crippen LogP contribution in [0.4, 0.5) is 0 Å². The first-order valence-corrected chi connectivity index (χ1v) is 8.67. The van der Waals surface area contributed by atoms with E-state index in [9.17, 15) is 5.11 Å². The molecule has 2 nitrogen and oxygen atoms in total. The predicted molar refractivity (Wildman–Crippen MR) is 87.4 cm³/mol. The molecule has 1 aromatic rings. The third-order valence-electron chi connectivity index (χ3n) is 5.50.